The quantitative estimate of drug-likeness (QED) is 0.884. The van der Waals surface area contributed by atoms with Gasteiger partial charge in [-0.15, -0.1) is 0 Å². The Bertz CT molecular complexity index is 512. The second kappa shape index (κ2) is 5.26. The van der Waals surface area contributed by atoms with Gasteiger partial charge < -0.3 is 10.5 Å². The first-order valence-electron chi connectivity index (χ1n) is 7.99. The molecule has 0 saturated heterocycles. The van der Waals surface area contributed by atoms with Gasteiger partial charge in [0.15, 0.2) is 0 Å². The summed E-state index contributed by atoms with van der Waals surface area (Å²) in [5.41, 5.74) is 7.75. The summed E-state index contributed by atoms with van der Waals surface area (Å²) in [4.78, 5) is 0. The molecule has 1 aromatic carbocycles. The first kappa shape index (κ1) is 15.3. The number of ether oxygens (including phenoxy) is 1. The number of rotatable bonds is 4. The molecular formula is C18H26ClNO. The summed E-state index contributed by atoms with van der Waals surface area (Å²) in [5, 5.41) is 0.752. The molecule has 0 aliphatic heterocycles. The Morgan fingerprint density at radius 3 is 2.43 bits per heavy atom. The molecule has 2 aliphatic carbocycles. The average Bonchev–Trinajstić information content (AvgIpc) is 2.79. The highest BCUT2D eigenvalue weighted by Crippen LogP contribution is 2.66. The van der Waals surface area contributed by atoms with Gasteiger partial charge in [0.25, 0.3) is 0 Å². The number of hydrogen-bond donors (Lipinski definition) is 1. The lowest BCUT2D eigenvalue weighted by molar-refractivity contribution is -0.0849. The topological polar surface area (TPSA) is 35.2 Å². The van der Waals surface area contributed by atoms with Crippen LogP contribution in [0.25, 0.3) is 0 Å². The Hall–Kier alpha value is -0.570. The van der Waals surface area contributed by atoms with Crippen LogP contribution in [0.5, 0.6) is 0 Å². The molecule has 2 fully saturated rings. The van der Waals surface area contributed by atoms with Crippen LogP contribution in [0.1, 0.15) is 51.7 Å². The monoisotopic (exact) mass is 307 g/mol. The zero-order chi connectivity index (χ0) is 15.3. The zero-order valence-electron chi connectivity index (χ0n) is 13.2. The maximum atomic E-state index is 6.49. The molecule has 3 heteroatoms. The summed E-state index contributed by atoms with van der Waals surface area (Å²) < 4.78 is 6.49. The molecule has 2 aliphatic rings. The van der Waals surface area contributed by atoms with Gasteiger partial charge in [-0.3, -0.25) is 0 Å². The third kappa shape index (κ3) is 2.32. The van der Waals surface area contributed by atoms with E-state index in [0.717, 1.165) is 16.5 Å². The largest absolute Gasteiger partial charge is 0.368 e. The second-order valence-electron chi connectivity index (χ2n) is 7.51. The van der Waals surface area contributed by atoms with Gasteiger partial charge in [-0.1, -0.05) is 44.5 Å². The van der Waals surface area contributed by atoms with E-state index in [0.29, 0.717) is 18.1 Å². The number of benzene rings is 1. The van der Waals surface area contributed by atoms with Crippen LogP contribution in [0.3, 0.4) is 0 Å². The molecule has 0 amide bonds. The van der Waals surface area contributed by atoms with Gasteiger partial charge in [-0.25, -0.2) is 0 Å². The maximum Gasteiger partial charge on any atom is 0.0951 e. The molecule has 116 valence electrons. The number of nitrogens with two attached hydrogens (primary N) is 1. The molecule has 4 unspecified atom stereocenters. The zero-order valence-corrected chi connectivity index (χ0v) is 14.0. The van der Waals surface area contributed by atoms with Gasteiger partial charge in [-0.2, -0.15) is 0 Å². The highest BCUT2D eigenvalue weighted by atomic mass is 35.5. The van der Waals surface area contributed by atoms with Crippen LogP contribution in [0.2, 0.25) is 5.02 Å². The molecule has 4 atom stereocenters. The van der Waals surface area contributed by atoms with Gasteiger partial charge in [0.05, 0.1) is 12.2 Å². The first-order chi connectivity index (χ1) is 9.88. The minimum absolute atomic E-state index is 0.0285. The average molecular weight is 308 g/mol. The maximum absolute atomic E-state index is 6.49. The van der Waals surface area contributed by atoms with Crippen molar-refractivity contribution in [1.82, 2.24) is 0 Å². The van der Waals surface area contributed by atoms with Gasteiger partial charge in [0.2, 0.25) is 0 Å². The summed E-state index contributed by atoms with van der Waals surface area (Å²) in [7, 11) is 0. The van der Waals surface area contributed by atoms with Crippen LogP contribution in [0.15, 0.2) is 24.3 Å². The second-order valence-corrected chi connectivity index (χ2v) is 7.95. The van der Waals surface area contributed by atoms with Gasteiger partial charge >= 0.3 is 0 Å². The van der Waals surface area contributed by atoms with E-state index < -0.39 is 0 Å². The number of hydrogen-bond acceptors (Lipinski definition) is 2. The van der Waals surface area contributed by atoms with E-state index in [9.17, 15) is 0 Å². The van der Waals surface area contributed by atoms with E-state index in [1.807, 2.05) is 24.3 Å². The molecule has 2 N–H and O–H groups in total. The lowest BCUT2D eigenvalue weighted by Crippen LogP contribution is -2.38. The lowest BCUT2D eigenvalue weighted by atomic mass is 9.70. The van der Waals surface area contributed by atoms with E-state index in [-0.39, 0.29) is 11.5 Å². The Morgan fingerprint density at radius 2 is 1.95 bits per heavy atom. The molecule has 0 aromatic heterocycles. The van der Waals surface area contributed by atoms with E-state index in [1.165, 1.54) is 19.3 Å². The fraction of sp³-hybridized carbons (Fsp3) is 0.667. The van der Waals surface area contributed by atoms with Crippen LogP contribution in [0, 0.1) is 16.7 Å². The Labute approximate surface area is 133 Å². The minimum Gasteiger partial charge on any atom is -0.368 e. The molecule has 2 bridgehead atoms. The molecule has 3 rings (SSSR count). The summed E-state index contributed by atoms with van der Waals surface area (Å²) >= 11 is 5.97. The van der Waals surface area contributed by atoms with E-state index in [1.54, 1.807) is 0 Å². The molecule has 0 heterocycles. The summed E-state index contributed by atoms with van der Waals surface area (Å²) in [6.45, 7) is 7.74. The first-order valence-corrected chi connectivity index (χ1v) is 8.37. The van der Waals surface area contributed by atoms with Crippen LogP contribution < -0.4 is 5.73 Å². The SMILES string of the molecule is CC1(C)C2CCC1(C)C(OC(CN)c1ccc(Cl)cc1)C2. The summed E-state index contributed by atoms with van der Waals surface area (Å²) in [6.07, 6.45) is 4.08. The Morgan fingerprint density at radius 1 is 1.29 bits per heavy atom. The Balaban J connectivity index is 1.78. The predicted molar refractivity (Wildman–Crippen MR) is 87.3 cm³/mol. The highest BCUT2D eigenvalue weighted by molar-refractivity contribution is 6.30. The van der Waals surface area contributed by atoms with Gasteiger partial charge in [0, 0.05) is 11.6 Å². The third-order valence-corrected chi connectivity index (χ3v) is 6.75. The number of halogens is 1. The van der Waals surface area contributed by atoms with E-state index in [2.05, 4.69) is 20.8 Å². The van der Waals surface area contributed by atoms with Crippen molar-refractivity contribution in [3.05, 3.63) is 34.9 Å². The molecular weight excluding hydrogens is 282 g/mol. The van der Waals surface area contributed by atoms with Crippen LogP contribution in [-0.2, 0) is 4.74 Å². The van der Waals surface area contributed by atoms with Crippen molar-refractivity contribution in [3.63, 3.8) is 0 Å². The third-order valence-electron chi connectivity index (χ3n) is 6.50. The lowest BCUT2D eigenvalue weighted by Gasteiger charge is -2.40. The van der Waals surface area contributed by atoms with Gasteiger partial charge in [0.1, 0.15) is 0 Å². The molecule has 0 radical (unpaired) electrons. The normalized spacial score (nSPS) is 35.1. The van der Waals surface area contributed by atoms with Crippen LogP contribution in [-0.4, -0.2) is 12.6 Å². The molecule has 0 spiro atoms. The summed E-state index contributed by atoms with van der Waals surface area (Å²) in [6, 6.07) is 7.88. The Kier molecular flexibility index (Phi) is 3.84. The molecule has 2 nitrogen and oxygen atoms in total. The fourth-order valence-corrected chi connectivity index (χ4v) is 4.61. The van der Waals surface area contributed by atoms with Crippen LogP contribution >= 0.6 is 11.6 Å². The standard InChI is InChI=1S/C18H26ClNO/c1-17(2)13-8-9-18(17,3)16(10-13)21-15(11-20)12-4-6-14(19)7-5-12/h4-7,13,15-16H,8-11,20H2,1-3H3. The smallest absolute Gasteiger partial charge is 0.0951 e. The van der Waals surface area contributed by atoms with E-state index in [4.69, 9.17) is 22.1 Å². The van der Waals surface area contributed by atoms with E-state index >= 15 is 0 Å². The van der Waals surface area contributed by atoms with Crippen molar-refractivity contribution in [1.29, 1.82) is 0 Å². The summed E-state index contributed by atoms with van der Waals surface area (Å²) in [5.74, 6) is 0.788. The predicted octanol–water partition coefficient (Wildman–Crippen LogP) is 4.57. The number of fused-ring (bicyclic) bond motifs is 2. The van der Waals surface area contributed by atoms with Crippen molar-refractivity contribution in [3.8, 4) is 0 Å². The van der Waals surface area contributed by atoms with Crippen molar-refractivity contribution in [2.24, 2.45) is 22.5 Å². The van der Waals surface area contributed by atoms with Crippen molar-refractivity contribution in [2.75, 3.05) is 6.54 Å². The highest BCUT2D eigenvalue weighted by Gasteiger charge is 2.62. The fourth-order valence-electron chi connectivity index (χ4n) is 4.48. The van der Waals surface area contributed by atoms with Gasteiger partial charge in [-0.05, 0) is 53.7 Å². The molecule has 21 heavy (non-hydrogen) atoms. The van der Waals surface area contributed by atoms with Crippen molar-refractivity contribution >= 4 is 11.6 Å². The van der Waals surface area contributed by atoms with Crippen molar-refractivity contribution in [2.45, 2.75) is 52.2 Å². The van der Waals surface area contributed by atoms with Crippen LogP contribution in [0.4, 0.5) is 0 Å². The minimum atomic E-state index is -0.0285. The molecule has 2 saturated carbocycles. The van der Waals surface area contributed by atoms with Crippen molar-refractivity contribution < 1.29 is 4.74 Å². The molecule has 1 aromatic rings.